The van der Waals surface area contributed by atoms with Crippen molar-refractivity contribution in [2.75, 3.05) is 53.3 Å². The summed E-state index contributed by atoms with van der Waals surface area (Å²) in [6, 6.07) is 8.74. The number of methoxy groups -OCH3 is 2. The number of carbonyl (C=O) groups is 11. The van der Waals surface area contributed by atoms with Gasteiger partial charge < -0.3 is 66.8 Å². The Balaban J connectivity index is 1.37. The molecule has 0 spiro atoms. The minimum atomic E-state index is -1.11. The van der Waals surface area contributed by atoms with Gasteiger partial charge in [0.15, 0.2) is 0 Å². The van der Waals surface area contributed by atoms with Crippen molar-refractivity contribution >= 4 is 71.0 Å². The van der Waals surface area contributed by atoms with Crippen molar-refractivity contribution in [2.45, 2.75) is 201 Å². The number of unbranched alkanes of at least 4 members (excludes halogenated alkanes) is 2. The maximum atomic E-state index is 14.8. The molecule has 26 nitrogen and oxygen atoms in total. The van der Waals surface area contributed by atoms with Crippen LogP contribution in [0.2, 0.25) is 0 Å². The highest BCUT2D eigenvalue weighted by Gasteiger charge is 2.44. The number of amides is 12. The molecule has 2 aliphatic rings. The maximum Gasteiger partial charge on any atom is 0.410 e. The van der Waals surface area contributed by atoms with Crippen molar-refractivity contribution in [1.29, 1.82) is 0 Å². The van der Waals surface area contributed by atoms with Crippen LogP contribution in [0.5, 0.6) is 0 Å². The van der Waals surface area contributed by atoms with Crippen LogP contribution in [-0.2, 0) is 64.0 Å². The van der Waals surface area contributed by atoms with E-state index in [1.54, 1.807) is 109 Å². The predicted molar refractivity (Wildman–Crippen MR) is 353 cm³/mol. The van der Waals surface area contributed by atoms with Crippen LogP contribution in [0.25, 0.3) is 0 Å². The first-order valence-corrected chi connectivity index (χ1v) is 32.9. The highest BCUT2D eigenvalue weighted by molar-refractivity contribution is 6.12. The van der Waals surface area contributed by atoms with E-state index < -0.39 is 114 Å². The first-order valence-electron chi connectivity index (χ1n) is 32.9. The highest BCUT2D eigenvalue weighted by Crippen LogP contribution is 2.31. The molecule has 1 saturated heterocycles. The summed E-state index contributed by atoms with van der Waals surface area (Å²) in [6.45, 7) is 18.6. The van der Waals surface area contributed by atoms with Crippen LogP contribution in [0.4, 0.5) is 15.3 Å². The van der Waals surface area contributed by atoms with Gasteiger partial charge in [-0.05, 0) is 92.4 Å². The summed E-state index contributed by atoms with van der Waals surface area (Å²) in [4.78, 5) is 152. The molecule has 2 unspecified atom stereocenters. The molecular formula is C68H105N11O15. The lowest BCUT2D eigenvalue weighted by Crippen LogP contribution is -2.60. The summed E-state index contributed by atoms with van der Waals surface area (Å²) >= 11 is 0. The second kappa shape index (κ2) is 38.4. The topological polar surface area (TPSA) is 347 Å². The normalized spacial score (nSPS) is 17.4. The van der Waals surface area contributed by atoms with Gasteiger partial charge in [-0.1, -0.05) is 118 Å². The molecule has 12 amide bonds. The summed E-state index contributed by atoms with van der Waals surface area (Å²) in [5.74, 6) is -6.02. The molecule has 2 aliphatic heterocycles. The number of benzene rings is 2. The first-order chi connectivity index (χ1) is 44.5. The Morgan fingerprint density at radius 1 is 0.713 bits per heavy atom. The van der Waals surface area contributed by atoms with Crippen LogP contribution >= 0.6 is 0 Å². The van der Waals surface area contributed by atoms with E-state index in [1.807, 2.05) is 32.0 Å². The number of nitrogens with zero attached hydrogens (tertiary/aromatic N) is 4. The Bertz CT molecular complexity index is 2880. The molecular weight excluding hydrogens is 1210 g/mol. The van der Waals surface area contributed by atoms with E-state index in [2.05, 4.69) is 31.9 Å². The molecule has 26 heteroatoms. The van der Waals surface area contributed by atoms with Crippen molar-refractivity contribution in [3.05, 3.63) is 77.9 Å². The van der Waals surface area contributed by atoms with Crippen molar-refractivity contribution in [3.63, 3.8) is 0 Å². The quantitative estimate of drug-likeness (QED) is 0.0321. The molecule has 2 aromatic rings. The number of nitrogens with one attached hydrogen (secondary N) is 6. The number of nitrogens with two attached hydrogens (primary N) is 1. The first kappa shape index (κ1) is 78.5. The van der Waals surface area contributed by atoms with Gasteiger partial charge in [-0.25, -0.2) is 9.59 Å². The van der Waals surface area contributed by atoms with Gasteiger partial charge in [-0.2, -0.15) is 0 Å². The fourth-order valence-corrected chi connectivity index (χ4v) is 12.1. The zero-order valence-electron chi connectivity index (χ0n) is 57.4. The number of imide groups is 1. The number of primary amides is 1. The molecule has 1 fully saturated rings. The third-order valence-corrected chi connectivity index (χ3v) is 17.7. The van der Waals surface area contributed by atoms with Gasteiger partial charge in [0, 0.05) is 72.2 Å². The van der Waals surface area contributed by atoms with E-state index in [-0.39, 0.29) is 86.8 Å². The van der Waals surface area contributed by atoms with Crippen LogP contribution in [0.1, 0.15) is 151 Å². The fraction of sp³-hybridized carbons (Fsp3) is 0.632. The summed E-state index contributed by atoms with van der Waals surface area (Å²) in [6.07, 6.45) is 2.94. The third-order valence-electron chi connectivity index (χ3n) is 17.7. The number of rotatable bonds is 38. The van der Waals surface area contributed by atoms with Crippen molar-refractivity contribution in [3.8, 4) is 0 Å². The van der Waals surface area contributed by atoms with Crippen molar-refractivity contribution in [2.24, 2.45) is 35.3 Å². The monoisotopic (exact) mass is 1320 g/mol. The lowest BCUT2D eigenvalue weighted by Gasteiger charge is -2.41. The standard InChI is InChI=1S/C68H105N11O15/c1-15-43(8)59(51(92-13)38-55(83)78-37-23-27-50(78)61(93-14)44(9)62(85)71-45(10)60(84)47-24-18-16-19-25-47)76(11)66(89)57(41(4)5)75-65(88)58(42(6)7)77(12)68(91)94-39-46-29-31-48(32-30-46)72-63(86)49(26-22-35-70-67(69)90)73-64(87)56(40(2)3)74-52(80)28-20-17-21-36-79-53(81)33-34-54(79)82/h16,18-19,24-25,29-34,40-45,49-51,56-61,84H,15,17,20-23,26-28,35-39H2,1-14H3,(H,71,85)(H,72,86)(H,73,87)(H,74,80)(H,75,88)(H3,69,70,90)/t43?,44-,45-,49+,50+,51?,56+,57+,58+,59+,60-,61-/m1/s1. The Kier molecular flexibility index (Phi) is 32.1. The predicted octanol–water partition coefficient (Wildman–Crippen LogP) is 5.08. The van der Waals surface area contributed by atoms with Gasteiger partial charge >= 0.3 is 12.1 Å². The van der Waals surface area contributed by atoms with Gasteiger partial charge in [0.2, 0.25) is 41.4 Å². The van der Waals surface area contributed by atoms with E-state index in [9.17, 15) is 57.8 Å². The minimum absolute atomic E-state index is 0.0841. The Labute approximate surface area is 554 Å². The molecule has 0 saturated carbocycles. The Morgan fingerprint density at radius 2 is 1.35 bits per heavy atom. The number of hydrogen-bond acceptors (Lipinski definition) is 15. The summed E-state index contributed by atoms with van der Waals surface area (Å²) < 4.78 is 17.7. The van der Waals surface area contributed by atoms with Gasteiger partial charge in [0.05, 0.1) is 48.8 Å². The number of anilines is 1. The largest absolute Gasteiger partial charge is 0.445 e. The van der Waals surface area contributed by atoms with Crippen LogP contribution in [0.15, 0.2) is 66.7 Å². The number of urea groups is 1. The van der Waals surface area contributed by atoms with Crippen LogP contribution in [0, 0.1) is 29.6 Å². The number of likely N-dealkylation sites (tertiary alicyclic amines) is 1. The molecule has 0 bridgehead atoms. The van der Waals surface area contributed by atoms with Crippen LogP contribution < -0.4 is 37.6 Å². The van der Waals surface area contributed by atoms with E-state index in [0.717, 1.165) is 4.90 Å². The number of aliphatic hydroxyl groups excluding tert-OH is 1. The summed E-state index contributed by atoms with van der Waals surface area (Å²) in [5.41, 5.74) is 6.77. The molecule has 0 radical (unpaired) electrons. The second-order valence-corrected chi connectivity index (χ2v) is 25.8. The average molecular weight is 1320 g/mol. The Hall–Kier alpha value is -7.97. The maximum absolute atomic E-state index is 14.8. The molecule has 522 valence electrons. The highest BCUT2D eigenvalue weighted by atomic mass is 16.6. The molecule has 0 aromatic heterocycles. The van der Waals surface area contributed by atoms with Crippen LogP contribution in [-0.4, -0.2) is 192 Å². The van der Waals surface area contributed by atoms with E-state index in [4.69, 9.17) is 19.9 Å². The molecule has 2 aromatic carbocycles. The fourth-order valence-electron chi connectivity index (χ4n) is 12.1. The van der Waals surface area contributed by atoms with Crippen molar-refractivity contribution in [1.82, 2.24) is 46.2 Å². The van der Waals surface area contributed by atoms with Gasteiger partial charge in [-0.15, -0.1) is 0 Å². The summed E-state index contributed by atoms with van der Waals surface area (Å²) in [7, 11) is 6.08. The molecule has 0 aliphatic carbocycles. The lowest BCUT2D eigenvalue weighted by atomic mass is 9.89. The molecule has 94 heavy (non-hydrogen) atoms. The number of aliphatic hydroxyl groups is 1. The Morgan fingerprint density at radius 3 is 1.93 bits per heavy atom. The second-order valence-electron chi connectivity index (χ2n) is 25.8. The number of ether oxygens (including phenoxy) is 3. The average Bonchev–Trinajstić information content (AvgIpc) is 1.33. The zero-order chi connectivity index (χ0) is 70.1. The van der Waals surface area contributed by atoms with Gasteiger partial charge in [0.25, 0.3) is 11.8 Å². The molecule has 4 rings (SSSR count). The van der Waals surface area contributed by atoms with Gasteiger partial charge in [-0.3, -0.25) is 53.0 Å². The SMILES string of the molecule is CCC(C)[C@@H](C(CC(=O)N1CCC[C@H]1[C@H](OC)[C@@H](C)C(=O)N[C@H](C)[C@@H](O)c1ccccc1)OC)N(C)C(=O)[C@@H](NC(=O)[C@H](C(C)C)N(C)C(=O)OCc1ccc(NC(=O)[C@H](CCCNC(N)=O)NC(=O)[C@@H](NC(=O)CCCCCN2C(=O)C=CC2=O)C(C)C)cc1)C(C)C. The summed E-state index contributed by atoms with van der Waals surface area (Å²) in [5, 5.41) is 27.6. The number of carbonyl (C=O) groups excluding carboxylic acids is 11. The van der Waals surface area contributed by atoms with E-state index in [0.29, 0.717) is 61.9 Å². The van der Waals surface area contributed by atoms with Crippen molar-refractivity contribution < 1.29 is 72.1 Å². The molecule has 9 N–H and O–H groups in total. The van der Waals surface area contributed by atoms with E-state index >= 15 is 0 Å². The third kappa shape index (κ3) is 22.9. The molecule has 12 atom stereocenters. The minimum Gasteiger partial charge on any atom is -0.445 e. The molecule has 2 heterocycles. The number of hydrogen-bond donors (Lipinski definition) is 8. The lowest BCUT2D eigenvalue weighted by molar-refractivity contribution is -0.148. The smallest absolute Gasteiger partial charge is 0.410 e. The van der Waals surface area contributed by atoms with E-state index in [1.165, 1.54) is 38.3 Å². The number of likely N-dealkylation sites (N-methyl/N-ethyl adjacent to an activating group) is 2. The van der Waals surface area contributed by atoms with Gasteiger partial charge in [0.1, 0.15) is 30.8 Å². The zero-order valence-corrected chi connectivity index (χ0v) is 57.4. The van der Waals surface area contributed by atoms with Crippen LogP contribution in [0.3, 0.4) is 0 Å².